The van der Waals surface area contributed by atoms with Crippen LogP contribution in [0.2, 0.25) is 0 Å². The molecule has 0 spiro atoms. The molecule has 0 aliphatic rings. The van der Waals surface area contributed by atoms with Crippen molar-refractivity contribution in [3.63, 3.8) is 0 Å². The first-order chi connectivity index (χ1) is 2.77. The van der Waals surface area contributed by atoms with E-state index in [9.17, 15) is 0 Å². The van der Waals surface area contributed by atoms with Crippen molar-refractivity contribution < 1.29 is 10.2 Å². The van der Waals surface area contributed by atoms with E-state index in [1.54, 1.807) is 13.3 Å². The lowest BCUT2D eigenvalue weighted by Gasteiger charge is -1.94. The second-order valence-electron chi connectivity index (χ2n) is 1.12. The highest BCUT2D eigenvalue weighted by Gasteiger charge is 1.89. The normalized spacial score (nSPS) is 10.0. The first-order valence-corrected chi connectivity index (χ1v) is 1.91. The van der Waals surface area contributed by atoms with Gasteiger partial charge in [-0.3, -0.25) is 0 Å². The SMILES string of the molecule is C[CH]CC(O)O. The van der Waals surface area contributed by atoms with E-state index in [0.717, 1.165) is 0 Å². The monoisotopic (exact) mass is 89.1 g/mol. The Balaban J connectivity index is 2.63. The number of rotatable bonds is 2. The van der Waals surface area contributed by atoms with E-state index in [4.69, 9.17) is 10.2 Å². The maximum atomic E-state index is 8.08. The van der Waals surface area contributed by atoms with E-state index in [1.807, 2.05) is 0 Å². The lowest BCUT2D eigenvalue weighted by atomic mass is 10.3. The molecule has 0 aliphatic heterocycles. The van der Waals surface area contributed by atoms with Gasteiger partial charge in [0.25, 0.3) is 0 Å². The van der Waals surface area contributed by atoms with Gasteiger partial charge in [0.05, 0.1) is 0 Å². The predicted octanol–water partition coefficient (Wildman–Crippen LogP) is -0.0886. The van der Waals surface area contributed by atoms with Crippen LogP contribution >= 0.6 is 0 Å². The summed E-state index contributed by atoms with van der Waals surface area (Å²) in [7, 11) is 0. The average Bonchev–Trinajstić information content (AvgIpc) is 1.35. The topological polar surface area (TPSA) is 40.5 Å². The summed E-state index contributed by atoms with van der Waals surface area (Å²) in [5.41, 5.74) is 0. The maximum absolute atomic E-state index is 8.08. The molecule has 0 aliphatic carbocycles. The largest absolute Gasteiger partial charge is 0.368 e. The highest BCUT2D eigenvalue weighted by Crippen LogP contribution is 1.86. The molecule has 2 N–H and O–H groups in total. The quantitative estimate of drug-likeness (QED) is 0.464. The van der Waals surface area contributed by atoms with Gasteiger partial charge in [-0.15, -0.1) is 0 Å². The van der Waals surface area contributed by atoms with Crippen LogP contribution in [0.1, 0.15) is 13.3 Å². The molecule has 0 saturated heterocycles. The highest BCUT2D eigenvalue weighted by molar-refractivity contribution is 4.54. The van der Waals surface area contributed by atoms with Gasteiger partial charge in [-0.25, -0.2) is 0 Å². The third-order valence-corrected chi connectivity index (χ3v) is 0.447. The van der Waals surface area contributed by atoms with Crippen molar-refractivity contribution >= 4 is 0 Å². The fraction of sp³-hybridized carbons (Fsp3) is 0.750. The smallest absolute Gasteiger partial charge is 0.151 e. The Labute approximate surface area is 37.4 Å². The fourth-order valence-electron chi connectivity index (χ4n) is 0.211. The van der Waals surface area contributed by atoms with Gasteiger partial charge in [0.2, 0.25) is 0 Å². The molecule has 0 rings (SSSR count). The van der Waals surface area contributed by atoms with Gasteiger partial charge in [-0.1, -0.05) is 6.92 Å². The zero-order valence-electron chi connectivity index (χ0n) is 3.76. The average molecular weight is 89.1 g/mol. The van der Waals surface area contributed by atoms with Crippen molar-refractivity contribution in [2.24, 2.45) is 0 Å². The molecule has 0 unspecified atom stereocenters. The van der Waals surface area contributed by atoms with Gasteiger partial charge in [0.1, 0.15) is 0 Å². The summed E-state index contributed by atoms with van der Waals surface area (Å²) in [6.07, 6.45) is 0.903. The minimum atomic E-state index is -1.16. The van der Waals surface area contributed by atoms with E-state index in [-0.39, 0.29) is 0 Å². The Morgan fingerprint density at radius 1 is 1.67 bits per heavy atom. The van der Waals surface area contributed by atoms with E-state index >= 15 is 0 Å². The third-order valence-electron chi connectivity index (χ3n) is 0.447. The fourth-order valence-corrected chi connectivity index (χ4v) is 0.211. The Kier molecular flexibility index (Phi) is 3.08. The molecular formula is C4H9O2. The summed E-state index contributed by atoms with van der Waals surface area (Å²) in [5.74, 6) is 0. The Bertz CT molecular complexity index is 26.7. The van der Waals surface area contributed by atoms with Crippen LogP contribution in [0.3, 0.4) is 0 Å². The molecule has 0 aromatic carbocycles. The van der Waals surface area contributed by atoms with Crippen LogP contribution in [0.4, 0.5) is 0 Å². The van der Waals surface area contributed by atoms with Gasteiger partial charge in [-0.05, 0) is 6.42 Å². The van der Waals surface area contributed by atoms with E-state index < -0.39 is 6.29 Å². The van der Waals surface area contributed by atoms with Gasteiger partial charge >= 0.3 is 0 Å². The minimum Gasteiger partial charge on any atom is -0.368 e. The van der Waals surface area contributed by atoms with Crippen molar-refractivity contribution in [3.8, 4) is 0 Å². The zero-order valence-corrected chi connectivity index (χ0v) is 3.76. The van der Waals surface area contributed by atoms with Crippen molar-refractivity contribution in [3.05, 3.63) is 6.42 Å². The lowest BCUT2D eigenvalue weighted by molar-refractivity contribution is -0.0387. The van der Waals surface area contributed by atoms with Crippen LogP contribution in [-0.4, -0.2) is 16.5 Å². The van der Waals surface area contributed by atoms with Gasteiger partial charge < -0.3 is 10.2 Å². The molecule has 0 heterocycles. The molecule has 2 heteroatoms. The molecule has 37 valence electrons. The highest BCUT2D eigenvalue weighted by atomic mass is 16.5. The maximum Gasteiger partial charge on any atom is 0.151 e. The van der Waals surface area contributed by atoms with Crippen LogP contribution in [0.25, 0.3) is 0 Å². The summed E-state index contributed by atoms with van der Waals surface area (Å²) in [6.45, 7) is 1.78. The zero-order chi connectivity index (χ0) is 4.99. The van der Waals surface area contributed by atoms with Crippen LogP contribution in [-0.2, 0) is 0 Å². The first-order valence-electron chi connectivity index (χ1n) is 1.91. The molecular weight excluding hydrogens is 80.0 g/mol. The number of aliphatic hydroxyl groups is 2. The van der Waals surface area contributed by atoms with Crippen molar-refractivity contribution in [2.45, 2.75) is 19.6 Å². The number of hydrogen-bond acceptors (Lipinski definition) is 2. The Morgan fingerprint density at radius 2 is 2.17 bits per heavy atom. The van der Waals surface area contributed by atoms with Crippen molar-refractivity contribution in [1.82, 2.24) is 0 Å². The summed E-state index contributed by atoms with van der Waals surface area (Å²) >= 11 is 0. The molecule has 0 aromatic heterocycles. The molecule has 6 heavy (non-hydrogen) atoms. The number of aliphatic hydroxyl groups excluding tert-OH is 1. The second-order valence-corrected chi connectivity index (χ2v) is 1.12. The molecule has 0 atom stereocenters. The van der Waals surface area contributed by atoms with Gasteiger partial charge in [-0.2, -0.15) is 0 Å². The molecule has 1 radical (unpaired) electrons. The lowest BCUT2D eigenvalue weighted by Crippen LogP contribution is -2.01. The molecule has 0 amide bonds. The molecule has 0 saturated carbocycles. The van der Waals surface area contributed by atoms with Crippen LogP contribution in [0.15, 0.2) is 0 Å². The summed E-state index contributed by atoms with van der Waals surface area (Å²) in [5, 5.41) is 16.2. The van der Waals surface area contributed by atoms with Gasteiger partial charge in [0.15, 0.2) is 6.29 Å². The summed E-state index contributed by atoms with van der Waals surface area (Å²) in [4.78, 5) is 0. The van der Waals surface area contributed by atoms with E-state index in [2.05, 4.69) is 0 Å². The summed E-state index contributed by atoms with van der Waals surface area (Å²) < 4.78 is 0. The molecule has 0 aromatic rings. The minimum absolute atomic E-state index is 0.361. The Morgan fingerprint density at radius 3 is 2.17 bits per heavy atom. The molecule has 2 nitrogen and oxygen atoms in total. The standard InChI is InChI=1S/C4H9O2/c1-2-3-4(5)6/h2,4-6H,3H2,1H3. The van der Waals surface area contributed by atoms with Crippen LogP contribution < -0.4 is 0 Å². The second kappa shape index (κ2) is 3.12. The Hall–Kier alpha value is -0.0800. The van der Waals surface area contributed by atoms with E-state index in [1.165, 1.54) is 0 Å². The predicted molar refractivity (Wildman–Crippen MR) is 22.8 cm³/mol. The molecule has 0 bridgehead atoms. The van der Waals surface area contributed by atoms with Crippen LogP contribution in [0.5, 0.6) is 0 Å². The third kappa shape index (κ3) is 3.92. The van der Waals surface area contributed by atoms with Crippen LogP contribution in [0, 0.1) is 6.42 Å². The van der Waals surface area contributed by atoms with Crippen molar-refractivity contribution in [1.29, 1.82) is 0 Å². The first kappa shape index (κ1) is 5.92. The summed E-state index contributed by atoms with van der Waals surface area (Å²) in [6, 6.07) is 0. The molecule has 0 fully saturated rings. The number of hydrogen-bond donors (Lipinski definition) is 2. The van der Waals surface area contributed by atoms with Crippen molar-refractivity contribution in [2.75, 3.05) is 0 Å². The van der Waals surface area contributed by atoms with E-state index in [0.29, 0.717) is 6.42 Å². The van der Waals surface area contributed by atoms with Gasteiger partial charge in [0, 0.05) is 6.42 Å².